The predicted octanol–water partition coefficient (Wildman–Crippen LogP) is 1.70. The molecule has 1 fully saturated rings. The molecule has 0 amide bonds. The minimum Gasteiger partial charge on any atom is -0.300 e. The quantitative estimate of drug-likeness (QED) is 0.638. The summed E-state index contributed by atoms with van der Waals surface area (Å²) < 4.78 is 0. The van der Waals surface area contributed by atoms with Gasteiger partial charge in [-0.2, -0.15) is 0 Å². The van der Waals surface area contributed by atoms with Crippen LogP contribution in [0.25, 0.3) is 0 Å². The molecule has 0 spiro atoms. The lowest BCUT2D eigenvalue weighted by Crippen LogP contribution is -2.50. The number of carbonyl (C=O) groups is 1. The van der Waals surface area contributed by atoms with Gasteiger partial charge in [0.2, 0.25) is 0 Å². The largest absolute Gasteiger partial charge is 0.300 e. The molecule has 70 valence electrons. The maximum atomic E-state index is 11.1. The van der Waals surface area contributed by atoms with Gasteiger partial charge in [0.15, 0.2) is 0 Å². The fraction of sp³-hybridized carbons (Fsp3) is 0.900. The van der Waals surface area contributed by atoms with E-state index in [1.165, 1.54) is 0 Å². The third kappa shape index (κ3) is 2.31. The van der Waals surface area contributed by atoms with Crippen molar-refractivity contribution in [2.24, 2.45) is 5.92 Å². The molecule has 0 radical (unpaired) electrons. The molecule has 0 aliphatic carbocycles. The second-order valence-electron chi connectivity index (χ2n) is 4.01. The van der Waals surface area contributed by atoms with E-state index < -0.39 is 0 Å². The first-order chi connectivity index (χ1) is 5.63. The van der Waals surface area contributed by atoms with Gasteiger partial charge in [0.25, 0.3) is 0 Å². The summed E-state index contributed by atoms with van der Waals surface area (Å²) in [6, 6.07) is 0.651. The van der Waals surface area contributed by atoms with E-state index in [1.807, 2.05) is 6.92 Å². The van der Waals surface area contributed by atoms with Crippen LogP contribution in [0.4, 0.5) is 0 Å². The first-order valence-electron chi connectivity index (χ1n) is 4.89. The number of ketones is 1. The number of hydrogen-bond donors (Lipinski definition) is 0. The predicted molar refractivity (Wildman–Crippen MR) is 50.1 cm³/mol. The number of rotatable bonds is 4. The van der Waals surface area contributed by atoms with Crippen molar-refractivity contribution in [3.8, 4) is 0 Å². The van der Waals surface area contributed by atoms with Crippen LogP contribution < -0.4 is 0 Å². The zero-order valence-electron chi connectivity index (χ0n) is 8.34. The van der Waals surface area contributed by atoms with Gasteiger partial charge in [0.05, 0.1) is 0 Å². The number of nitrogens with zero attached hydrogens (tertiary/aromatic N) is 1. The Balaban J connectivity index is 2.13. The van der Waals surface area contributed by atoms with E-state index in [9.17, 15) is 4.79 Å². The Morgan fingerprint density at radius 2 is 2.08 bits per heavy atom. The van der Waals surface area contributed by atoms with Crippen LogP contribution in [0.1, 0.15) is 33.6 Å². The first-order valence-corrected chi connectivity index (χ1v) is 4.89. The van der Waals surface area contributed by atoms with Crippen molar-refractivity contribution < 1.29 is 4.79 Å². The molecule has 1 saturated heterocycles. The monoisotopic (exact) mass is 169 g/mol. The van der Waals surface area contributed by atoms with Gasteiger partial charge in [-0.05, 0) is 19.8 Å². The minimum absolute atomic E-state index is 0.420. The van der Waals surface area contributed by atoms with Gasteiger partial charge < -0.3 is 4.90 Å². The summed E-state index contributed by atoms with van der Waals surface area (Å²) in [5, 5.41) is 0. The van der Waals surface area contributed by atoms with Crippen molar-refractivity contribution in [1.29, 1.82) is 0 Å². The van der Waals surface area contributed by atoms with Gasteiger partial charge in [-0.3, -0.25) is 4.79 Å². The van der Waals surface area contributed by atoms with Crippen LogP contribution in [0.3, 0.4) is 0 Å². The Hall–Kier alpha value is -0.370. The molecular weight excluding hydrogens is 150 g/mol. The van der Waals surface area contributed by atoms with Crippen molar-refractivity contribution in [2.75, 3.05) is 13.1 Å². The zero-order valence-corrected chi connectivity index (χ0v) is 8.34. The molecule has 1 heterocycles. The van der Waals surface area contributed by atoms with E-state index in [0.717, 1.165) is 19.5 Å². The Labute approximate surface area is 74.9 Å². The SMILES string of the molecule is CCC(=O)CC1CN(C(C)C)C1. The van der Waals surface area contributed by atoms with Crippen LogP contribution in [-0.2, 0) is 4.79 Å². The van der Waals surface area contributed by atoms with Gasteiger partial charge in [-0.25, -0.2) is 0 Å². The van der Waals surface area contributed by atoms with Gasteiger partial charge in [0.1, 0.15) is 5.78 Å². The van der Waals surface area contributed by atoms with Crippen LogP contribution in [-0.4, -0.2) is 29.8 Å². The number of carbonyl (C=O) groups excluding carboxylic acids is 1. The van der Waals surface area contributed by atoms with Crippen LogP contribution in [0.15, 0.2) is 0 Å². The van der Waals surface area contributed by atoms with Crippen molar-refractivity contribution in [1.82, 2.24) is 4.90 Å². The highest BCUT2D eigenvalue weighted by Crippen LogP contribution is 2.21. The van der Waals surface area contributed by atoms with E-state index in [-0.39, 0.29) is 0 Å². The average molecular weight is 169 g/mol. The van der Waals surface area contributed by atoms with Gasteiger partial charge in [0, 0.05) is 32.0 Å². The summed E-state index contributed by atoms with van der Waals surface area (Å²) in [6.07, 6.45) is 1.51. The van der Waals surface area contributed by atoms with Gasteiger partial charge >= 0.3 is 0 Å². The smallest absolute Gasteiger partial charge is 0.133 e. The van der Waals surface area contributed by atoms with Crippen molar-refractivity contribution >= 4 is 5.78 Å². The standard InChI is InChI=1S/C10H19NO/c1-4-10(12)5-9-6-11(7-9)8(2)3/h8-9H,4-7H2,1-3H3. The van der Waals surface area contributed by atoms with E-state index in [0.29, 0.717) is 24.2 Å². The van der Waals surface area contributed by atoms with Crippen molar-refractivity contribution in [3.63, 3.8) is 0 Å². The second kappa shape index (κ2) is 4.04. The third-order valence-corrected chi connectivity index (χ3v) is 2.63. The topological polar surface area (TPSA) is 20.3 Å². The lowest BCUT2D eigenvalue weighted by Gasteiger charge is -2.41. The first kappa shape index (κ1) is 9.72. The molecule has 2 nitrogen and oxygen atoms in total. The van der Waals surface area contributed by atoms with Crippen molar-refractivity contribution in [3.05, 3.63) is 0 Å². The number of Topliss-reactive ketones (excluding diaryl/α,β-unsaturated/α-hetero) is 1. The maximum absolute atomic E-state index is 11.1. The molecule has 0 bridgehead atoms. The fourth-order valence-electron chi connectivity index (χ4n) is 1.63. The number of likely N-dealkylation sites (tertiary alicyclic amines) is 1. The lowest BCUT2D eigenvalue weighted by atomic mass is 9.92. The minimum atomic E-state index is 0.420. The molecule has 2 heteroatoms. The molecular formula is C10H19NO. The number of hydrogen-bond acceptors (Lipinski definition) is 2. The molecule has 0 atom stereocenters. The van der Waals surface area contributed by atoms with Crippen LogP contribution in [0, 0.1) is 5.92 Å². The van der Waals surface area contributed by atoms with E-state index in [4.69, 9.17) is 0 Å². The molecule has 12 heavy (non-hydrogen) atoms. The average Bonchev–Trinajstić information content (AvgIpc) is 1.94. The Bertz CT molecular complexity index is 159. The molecule has 1 aliphatic heterocycles. The molecule has 1 rings (SSSR count). The van der Waals surface area contributed by atoms with Crippen LogP contribution in [0.2, 0.25) is 0 Å². The molecule has 0 aromatic carbocycles. The molecule has 0 unspecified atom stereocenters. The van der Waals surface area contributed by atoms with Crippen LogP contribution >= 0.6 is 0 Å². The van der Waals surface area contributed by atoms with E-state index >= 15 is 0 Å². The summed E-state index contributed by atoms with van der Waals surface area (Å²) in [5.74, 6) is 1.07. The summed E-state index contributed by atoms with van der Waals surface area (Å²) in [5.41, 5.74) is 0. The van der Waals surface area contributed by atoms with Crippen LogP contribution in [0.5, 0.6) is 0 Å². The van der Waals surface area contributed by atoms with Gasteiger partial charge in [-0.15, -0.1) is 0 Å². The van der Waals surface area contributed by atoms with Crippen molar-refractivity contribution in [2.45, 2.75) is 39.7 Å². The summed E-state index contributed by atoms with van der Waals surface area (Å²) >= 11 is 0. The molecule has 0 saturated carbocycles. The molecule has 0 N–H and O–H groups in total. The lowest BCUT2D eigenvalue weighted by molar-refractivity contribution is -0.121. The fourth-order valence-corrected chi connectivity index (χ4v) is 1.63. The summed E-state index contributed by atoms with van der Waals surface area (Å²) in [6.45, 7) is 8.61. The molecule has 1 aliphatic rings. The molecule has 0 aromatic heterocycles. The van der Waals surface area contributed by atoms with E-state index in [2.05, 4.69) is 18.7 Å². The Morgan fingerprint density at radius 1 is 1.50 bits per heavy atom. The van der Waals surface area contributed by atoms with Gasteiger partial charge in [-0.1, -0.05) is 6.92 Å². The maximum Gasteiger partial charge on any atom is 0.133 e. The summed E-state index contributed by atoms with van der Waals surface area (Å²) in [4.78, 5) is 13.5. The van der Waals surface area contributed by atoms with E-state index in [1.54, 1.807) is 0 Å². The Kier molecular flexibility index (Phi) is 3.27. The third-order valence-electron chi connectivity index (χ3n) is 2.63. The highest BCUT2D eigenvalue weighted by molar-refractivity contribution is 5.78. The highest BCUT2D eigenvalue weighted by atomic mass is 16.1. The zero-order chi connectivity index (χ0) is 9.14. The summed E-state index contributed by atoms with van der Waals surface area (Å²) in [7, 11) is 0. The highest BCUT2D eigenvalue weighted by Gasteiger charge is 2.29. The Morgan fingerprint density at radius 3 is 2.50 bits per heavy atom. The molecule has 0 aromatic rings. The second-order valence-corrected chi connectivity index (χ2v) is 4.01. The normalized spacial score (nSPS) is 19.7.